The van der Waals surface area contributed by atoms with Crippen molar-refractivity contribution in [2.24, 2.45) is 23.7 Å². The second-order valence-electron chi connectivity index (χ2n) is 11.9. The molecule has 0 amide bonds. The monoisotopic (exact) mass is 575 g/mol. The Hall–Kier alpha value is -1.42. The van der Waals surface area contributed by atoms with Gasteiger partial charge in [0.15, 0.2) is 0 Å². The summed E-state index contributed by atoms with van der Waals surface area (Å²) >= 11 is 1.71. The van der Waals surface area contributed by atoms with Gasteiger partial charge in [-0.15, -0.1) is 0 Å². The molecule has 1 heterocycles. The van der Waals surface area contributed by atoms with E-state index in [9.17, 15) is 22.7 Å². The molecule has 39 heavy (non-hydrogen) atoms. The summed E-state index contributed by atoms with van der Waals surface area (Å²) in [7, 11) is 0. The maximum absolute atomic E-state index is 15.0. The molecule has 5 atom stereocenters. The molecule has 10 heteroatoms. The molecule has 1 aromatic heterocycles. The number of alkyl halides is 5. The van der Waals surface area contributed by atoms with Gasteiger partial charge in [0.25, 0.3) is 0 Å². The molecule has 0 bridgehead atoms. The summed E-state index contributed by atoms with van der Waals surface area (Å²) in [6, 6.07) is 0. The van der Waals surface area contributed by atoms with Crippen molar-refractivity contribution in [3.05, 3.63) is 37.0 Å². The van der Waals surface area contributed by atoms with E-state index < -0.39 is 36.0 Å². The lowest BCUT2D eigenvalue weighted by Crippen LogP contribution is -2.55. The first-order valence-corrected chi connectivity index (χ1v) is 15.4. The molecule has 5 unspecified atom stereocenters. The van der Waals surface area contributed by atoms with Crippen LogP contribution >= 0.6 is 11.8 Å². The van der Waals surface area contributed by atoms with Gasteiger partial charge in [-0.25, -0.2) is 13.8 Å². The zero-order valence-electron chi connectivity index (χ0n) is 22.7. The Bertz CT molecular complexity index is 926. The summed E-state index contributed by atoms with van der Waals surface area (Å²) in [5, 5.41) is 16.1. The second kappa shape index (κ2) is 13.5. The Kier molecular flexibility index (Phi) is 10.6. The molecule has 3 aliphatic rings. The first-order chi connectivity index (χ1) is 18.5. The van der Waals surface area contributed by atoms with Gasteiger partial charge in [-0.05, 0) is 76.0 Å². The highest BCUT2D eigenvalue weighted by Gasteiger charge is 2.49. The lowest BCUT2D eigenvalue weighted by molar-refractivity contribution is -0.183. The third kappa shape index (κ3) is 8.30. The van der Waals surface area contributed by atoms with Crippen molar-refractivity contribution in [2.75, 3.05) is 0 Å². The van der Waals surface area contributed by atoms with Crippen LogP contribution in [-0.4, -0.2) is 54.5 Å². The molecule has 0 spiro atoms. The van der Waals surface area contributed by atoms with Crippen molar-refractivity contribution in [3.63, 3.8) is 0 Å². The van der Waals surface area contributed by atoms with E-state index in [2.05, 4.69) is 22.2 Å². The molecule has 4 nitrogen and oxygen atoms in total. The predicted molar refractivity (Wildman–Crippen MR) is 145 cm³/mol. The van der Waals surface area contributed by atoms with Crippen LogP contribution in [0.5, 0.6) is 0 Å². The number of hydrogen-bond acceptors (Lipinski definition) is 4. The van der Waals surface area contributed by atoms with E-state index in [-0.39, 0.29) is 43.4 Å². The summed E-state index contributed by atoms with van der Waals surface area (Å²) in [5.41, 5.74) is -1.36. The van der Waals surface area contributed by atoms with E-state index >= 15 is 4.39 Å². The quantitative estimate of drug-likeness (QED) is 0.243. The minimum absolute atomic E-state index is 0.130. The molecule has 220 valence electrons. The van der Waals surface area contributed by atoms with Crippen LogP contribution in [0.25, 0.3) is 0 Å². The topological polar surface area (TPSA) is 50.9 Å². The van der Waals surface area contributed by atoms with Crippen molar-refractivity contribution in [1.29, 1.82) is 0 Å². The highest BCUT2D eigenvalue weighted by Crippen LogP contribution is 2.45. The molecular formula is C29H42F5N3OS. The van der Waals surface area contributed by atoms with E-state index in [0.29, 0.717) is 30.4 Å². The molecule has 1 aromatic rings. The molecule has 3 fully saturated rings. The molecule has 3 aliphatic carbocycles. The Morgan fingerprint density at radius 2 is 1.56 bits per heavy atom. The van der Waals surface area contributed by atoms with E-state index in [1.165, 1.54) is 12.7 Å². The largest absolute Gasteiger partial charge is 0.391 e. The summed E-state index contributed by atoms with van der Waals surface area (Å²) < 4.78 is 69.0. The number of rotatable bonds is 9. The van der Waals surface area contributed by atoms with Crippen LogP contribution in [0.3, 0.4) is 0 Å². The number of hydrogen-bond donors (Lipinski definition) is 1. The highest BCUT2D eigenvalue weighted by atomic mass is 32.2. The highest BCUT2D eigenvalue weighted by molar-refractivity contribution is 8.00. The standard InChI is InChI=1S/C29H42F5N3OS/c1-20(28(38,17-37-19-35-18-36-37)26-15-12-24(30)16-27(26)31)39-25-13-8-22(9-14-25)5-3-2-4-21-6-10-23(11-7-21)29(32,33)34/h2-5,18-27,38H,6-17H2,1H3/b4-2+,5-3+. The van der Waals surface area contributed by atoms with Crippen LogP contribution in [0.1, 0.15) is 77.6 Å². The smallest absolute Gasteiger partial charge is 0.386 e. The molecule has 0 saturated heterocycles. The van der Waals surface area contributed by atoms with Gasteiger partial charge in [0.2, 0.25) is 0 Å². The van der Waals surface area contributed by atoms with Gasteiger partial charge in [-0.2, -0.15) is 30.0 Å². The average Bonchev–Trinajstić information content (AvgIpc) is 3.40. The van der Waals surface area contributed by atoms with Gasteiger partial charge >= 0.3 is 6.18 Å². The Morgan fingerprint density at radius 1 is 0.949 bits per heavy atom. The van der Waals surface area contributed by atoms with E-state index in [0.717, 1.165) is 25.7 Å². The van der Waals surface area contributed by atoms with E-state index in [1.807, 2.05) is 19.1 Å². The summed E-state index contributed by atoms with van der Waals surface area (Å²) in [6.45, 7) is 2.08. The fraction of sp³-hybridized carbons (Fsp3) is 0.793. The van der Waals surface area contributed by atoms with Gasteiger partial charge < -0.3 is 5.11 Å². The van der Waals surface area contributed by atoms with Gasteiger partial charge in [0, 0.05) is 22.8 Å². The molecule has 4 rings (SSSR count). The normalized spacial score (nSPS) is 35.3. The van der Waals surface area contributed by atoms with Crippen molar-refractivity contribution >= 4 is 11.8 Å². The van der Waals surface area contributed by atoms with Crippen LogP contribution in [0.4, 0.5) is 22.0 Å². The van der Waals surface area contributed by atoms with Gasteiger partial charge in [-0.1, -0.05) is 31.2 Å². The van der Waals surface area contributed by atoms with Gasteiger partial charge in [0.1, 0.15) is 30.6 Å². The fourth-order valence-electron chi connectivity index (χ4n) is 6.66. The minimum Gasteiger partial charge on any atom is -0.386 e. The summed E-state index contributed by atoms with van der Waals surface area (Å²) in [5.74, 6) is -1.12. The van der Waals surface area contributed by atoms with Crippen molar-refractivity contribution < 1.29 is 27.1 Å². The first kappa shape index (κ1) is 30.5. The van der Waals surface area contributed by atoms with Crippen LogP contribution < -0.4 is 0 Å². The van der Waals surface area contributed by atoms with Gasteiger partial charge in [-0.3, -0.25) is 4.68 Å². The number of nitrogens with zero attached hydrogens (tertiary/aromatic N) is 3. The number of aliphatic hydroxyl groups is 1. The summed E-state index contributed by atoms with van der Waals surface area (Å²) in [6.07, 6.45) is 10.7. The first-order valence-electron chi connectivity index (χ1n) is 14.4. The zero-order chi connectivity index (χ0) is 28.0. The fourth-order valence-corrected chi connectivity index (χ4v) is 8.26. The lowest BCUT2D eigenvalue weighted by atomic mass is 9.73. The van der Waals surface area contributed by atoms with Crippen molar-refractivity contribution in [3.8, 4) is 0 Å². The number of allylic oxidation sites excluding steroid dienone is 4. The molecular weight excluding hydrogens is 533 g/mol. The number of halogens is 5. The van der Waals surface area contributed by atoms with Crippen LogP contribution in [0.15, 0.2) is 37.0 Å². The van der Waals surface area contributed by atoms with E-state index in [1.54, 1.807) is 16.4 Å². The Morgan fingerprint density at radius 3 is 2.10 bits per heavy atom. The maximum Gasteiger partial charge on any atom is 0.391 e. The zero-order valence-corrected chi connectivity index (χ0v) is 23.5. The molecule has 0 aromatic carbocycles. The number of thioether (sulfide) groups is 1. The Balaban J connectivity index is 1.25. The van der Waals surface area contributed by atoms with Crippen LogP contribution in [-0.2, 0) is 6.54 Å². The Labute approximate surface area is 232 Å². The second-order valence-corrected chi connectivity index (χ2v) is 13.5. The number of aromatic nitrogens is 3. The third-order valence-corrected chi connectivity index (χ3v) is 10.8. The van der Waals surface area contributed by atoms with Crippen LogP contribution in [0, 0.1) is 23.7 Å². The predicted octanol–water partition coefficient (Wildman–Crippen LogP) is 7.65. The van der Waals surface area contributed by atoms with Crippen molar-refractivity contribution in [2.45, 2.75) is 119 Å². The van der Waals surface area contributed by atoms with Crippen molar-refractivity contribution in [1.82, 2.24) is 14.8 Å². The molecule has 0 aliphatic heterocycles. The third-order valence-electron chi connectivity index (χ3n) is 9.16. The summed E-state index contributed by atoms with van der Waals surface area (Å²) in [4.78, 5) is 3.96. The lowest BCUT2D eigenvalue weighted by Gasteiger charge is -2.45. The van der Waals surface area contributed by atoms with E-state index in [4.69, 9.17) is 0 Å². The molecule has 0 radical (unpaired) electrons. The molecule has 3 saturated carbocycles. The maximum atomic E-state index is 15.0. The average molecular weight is 576 g/mol. The van der Waals surface area contributed by atoms with Crippen LogP contribution in [0.2, 0.25) is 0 Å². The molecule has 1 N–H and O–H groups in total. The van der Waals surface area contributed by atoms with Gasteiger partial charge in [0.05, 0.1) is 12.5 Å². The SMILES string of the molecule is CC(SC1CCC(/C=C/C=C/C2CCC(C(F)(F)F)CC2)CC1)C(O)(Cn1cncn1)C1CCC(F)CC1F. The minimum atomic E-state index is -4.07.